The molecule has 1 unspecified atom stereocenters. The Balaban J connectivity index is 2.56. The van der Waals surface area contributed by atoms with Gasteiger partial charge in [0.2, 0.25) is 5.75 Å². The van der Waals surface area contributed by atoms with Gasteiger partial charge in [0.1, 0.15) is 6.33 Å². The Bertz CT molecular complexity index is 372. The van der Waals surface area contributed by atoms with Crippen LogP contribution in [0.2, 0.25) is 0 Å². The van der Waals surface area contributed by atoms with Crippen molar-refractivity contribution in [3.63, 3.8) is 0 Å². The van der Waals surface area contributed by atoms with E-state index < -0.39 is 0 Å². The van der Waals surface area contributed by atoms with Gasteiger partial charge in [0.15, 0.2) is 5.82 Å². The summed E-state index contributed by atoms with van der Waals surface area (Å²) in [6.07, 6.45) is 7.61. The van der Waals surface area contributed by atoms with Gasteiger partial charge in [0.05, 0.1) is 13.2 Å². The number of methoxy groups -OCH3 is 1. The molecule has 0 bridgehead atoms. The van der Waals surface area contributed by atoms with Crippen LogP contribution in [0, 0.1) is 0 Å². The Hall–Kier alpha value is -1.52. The van der Waals surface area contributed by atoms with Crippen molar-refractivity contribution in [2.45, 2.75) is 52.1 Å². The number of unbranched alkanes of at least 4 members (excludes halogenated alkanes) is 3. The van der Waals surface area contributed by atoms with E-state index >= 15 is 0 Å². The lowest BCUT2D eigenvalue weighted by Gasteiger charge is -2.16. The molecule has 1 aromatic heterocycles. The summed E-state index contributed by atoms with van der Waals surface area (Å²) in [4.78, 5) is 8.24. The fraction of sp³-hybridized carbons (Fsp3) is 0.714. The second-order valence-corrected chi connectivity index (χ2v) is 4.59. The van der Waals surface area contributed by atoms with Crippen LogP contribution in [0.5, 0.6) is 11.6 Å². The highest BCUT2D eigenvalue weighted by Crippen LogP contribution is 2.31. The predicted octanol–water partition coefficient (Wildman–Crippen LogP) is 3.26. The lowest BCUT2D eigenvalue weighted by Crippen LogP contribution is -2.14. The summed E-state index contributed by atoms with van der Waals surface area (Å²) in [5, 5.41) is 2.96. The molecule has 1 aromatic rings. The molecule has 0 radical (unpaired) electrons. The summed E-state index contributed by atoms with van der Waals surface area (Å²) in [7, 11) is 3.39. The first kappa shape index (κ1) is 15.5. The van der Waals surface area contributed by atoms with Crippen LogP contribution in [-0.2, 0) is 0 Å². The minimum Gasteiger partial charge on any atom is -0.489 e. The third-order valence-corrected chi connectivity index (χ3v) is 2.99. The third-order valence-electron chi connectivity index (χ3n) is 2.99. The quantitative estimate of drug-likeness (QED) is 0.696. The molecule has 5 heteroatoms. The van der Waals surface area contributed by atoms with Crippen molar-refractivity contribution in [2.75, 3.05) is 19.5 Å². The maximum absolute atomic E-state index is 5.84. The Morgan fingerprint density at radius 1 is 1.26 bits per heavy atom. The third kappa shape index (κ3) is 4.93. The predicted molar refractivity (Wildman–Crippen MR) is 77.0 cm³/mol. The molecule has 1 atom stereocenters. The standard InChI is InChI=1S/C14H25N3O2/c1-5-6-7-8-9-11(2)19-14-12(18-4)13(15-3)16-10-17-14/h10-11H,5-9H2,1-4H3,(H,15,16,17). The molecule has 0 saturated carbocycles. The molecule has 1 rings (SSSR count). The lowest BCUT2D eigenvalue weighted by atomic mass is 10.1. The fourth-order valence-corrected chi connectivity index (χ4v) is 1.91. The van der Waals surface area contributed by atoms with Crippen molar-refractivity contribution in [1.82, 2.24) is 9.97 Å². The number of hydrogen-bond acceptors (Lipinski definition) is 5. The second-order valence-electron chi connectivity index (χ2n) is 4.59. The number of aromatic nitrogens is 2. The van der Waals surface area contributed by atoms with Gasteiger partial charge in [-0.1, -0.05) is 26.2 Å². The van der Waals surface area contributed by atoms with E-state index in [-0.39, 0.29) is 6.10 Å². The van der Waals surface area contributed by atoms with Crippen LogP contribution in [0.1, 0.15) is 46.0 Å². The van der Waals surface area contributed by atoms with Gasteiger partial charge in [-0.15, -0.1) is 0 Å². The van der Waals surface area contributed by atoms with Gasteiger partial charge in [-0.3, -0.25) is 0 Å². The summed E-state index contributed by atoms with van der Waals surface area (Å²) in [5.41, 5.74) is 0. The van der Waals surface area contributed by atoms with Crippen LogP contribution in [0.3, 0.4) is 0 Å². The molecule has 0 saturated heterocycles. The van der Waals surface area contributed by atoms with E-state index in [4.69, 9.17) is 9.47 Å². The van der Waals surface area contributed by atoms with Crippen LogP contribution in [0.25, 0.3) is 0 Å². The van der Waals surface area contributed by atoms with E-state index in [0.29, 0.717) is 17.4 Å². The van der Waals surface area contributed by atoms with Crippen molar-refractivity contribution >= 4 is 5.82 Å². The fourth-order valence-electron chi connectivity index (χ4n) is 1.91. The van der Waals surface area contributed by atoms with Gasteiger partial charge in [-0.2, -0.15) is 4.98 Å². The van der Waals surface area contributed by atoms with Crippen molar-refractivity contribution in [2.24, 2.45) is 0 Å². The van der Waals surface area contributed by atoms with Gasteiger partial charge in [0, 0.05) is 7.05 Å². The Morgan fingerprint density at radius 3 is 2.68 bits per heavy atom. The zero-order valence-electron chi connectivity index (χ0n) is 12.4. The number of rotatable bonds is 9. The Labute approximate surface area is 115 Å². The molecule has 0 aliphatic rings. The maximum atomic E-state index is 5.84. The summed E-state index contributed by atoms with van der Waals surface area (Å²) >= 11 is 0. The summed E-state index contributed by atoms with van der Waals surface area (Å²) < 4.78 is 11.1. The molecular formula is C14H25N3O2. The molecule has 1 N–H and O–H groups in total. The molecule has 0 aromatic carbocycles. The maximum Gasteiger partial charge on any atom is 0.262 e. The smallest absolute Gasteiger partial charge is 0.262 e. The molecule has 0 fully saturated rings. The van der Waals surface area contributed by atoms with E-state index in [1.165, 1.54) is 32.0 Å². The van der Waals surface area contributed by atoms with Gasteiger partial charge in [0.25, 0.3) is 5.88 Å². The summed E-state index contributed by atoms with van der Waals surface area (Å²) in [5.74, 6) is 1.71. The van der Waals surface area contributed by atoms with Crippen molar-refractivity contribution in [3.05, 3.63) is 6.33 Å². The second kappa shape index (κ2) is 8.56. The highest BCUT2D eigenvalue weighted by molar-refractivity contribution is 5.54. The molecule has 5 nitrogen and oxygen atoms in total. The van der Waals surface area contributed by atoms with Crippen LogP contribution < -0.4 is 14.8 Å². The molecular weight excluding hydrogens is 242 g/mol. The highest BCUT2D eigenvalue weighted by Gasteiger charge is 2.14. The van der Waals surface area contributed by atoms with Gasteiger partial charge < -0.3 is 14.8 Å². The van der Waals surface area contributed by atoms with Crippen LogP contribution in [0.4, 0.5) is 5.82 Å². The number of anilines is 1. The molecule has 0 aliphatic carbocycles. The molecule has 108 valence electrons. The summed E-state index contributed by atoms with van der Waals surface area (Å²) in [6.45, 7) is 4.28. The average Bonchev–Trinajstić information content (AvgIpc) is 2.43. The first-order valence-corrected chi connectivity index (χ1v) is 6.96. The lowest BCUT2D eigenvalue weighted by molar-refractivity contribution is 0.189. The van der Waals surface area contributed by atoms with E-state index in [9.17, 15) is 0 Å². The van der Waals surface area contributed by atoms with E-state index in [1.807, 2.05) is 0 Å². The molecule has 19 heavy (non-hydrogen) atoms. The normalized spacial score (nSPS) is 12.0. The first-order valence-electron chi connectivity index (χ1n) is 6.96. The van der Waals surface area contributed by atoms with Crippen LogP contribution in [0.15, 0.2) is 6.33 Å². The first-order chi connectivity index (χ1) is 9.22. The van der Waals surface area contributed by atoms with Gasteiger partial charge in [-0.25, -0.2) is 4.98 Å². The van der Waals surface area contributed by atoms with Crippen LogP contribution in [-0.4, -0.2) is 30.2 Å². The Kier molecular flexibility index (Phi) is 7.00. The molecule has 0 spiro atoms. The molecule has 0 amide bonds. The van der Waals surface area contributed by atoms with Gasteiger partial charge in [-0.05, 0) is 19.8 Å². The minimum atomic E-state index is 0.130. The highest BCUT2D eigenvalue weighted by atomic mass is 16.5. The van der Waals surface area contributed by atoms with Crippen LogP contribution >= 0.6 is 0 Å². The van der Waals surface area contributed by atoms with Crippen molar-refractivity contribution < 1.29 is 9.47 Å². The SMILES string of the molecule is CCCCCCC(C)Oc1ncnc(NC)c1OC. The Morgan fingerprint density at radius 2 is 2.05 bits per heavy atom. The zero-order valence-corrected chi connectivity index (χ0v) is 12.4. The largest absolute Gasteiger partial charge is 0.489 e. The topological polar surface area (TPSA) is 56.3 Å². The molecule has 0 aliphatic heterocycles. The van der Waals surface area contributed by atoms with E-state index in [2.05, 4.69) is 29.1 Å². The van der Waals surface area contributed by atoms with Crippen molar-refractivity contribution in [1.29, 1.82) is 0 Å². The summed E-state index contributed by atoms with van der Waals surface area (Å²) in [6, 6.07) is 0. The zero-order chi connectivity index (χ0) is 14.1. The van der Waals surface area contributed by atoms with E-state index in [0.717, 1.165) is 6.42 Å². The average molecular weight is 267 g/mol. The number of hydrogen-bond donors (Lipinski definition) is 1. The number of ether oxygens (including phenoxy) is 2. The minimum absolute atomic E-state index is 0.130. The number of nitrogens with zero attached hydrogens (tertiary/aromatic N) is 2. The number of nitrogens with one attached hydrogen (secondary N) is 1. The van der Waals surface area contributed by atoms with E-state index in [1.54, 1.807) is 14.2 Å². The van der Waals surface area contributed by atoms with Crippen molar-refractivity contribution in [3.8, 4) is 11.6 Å². The monoisotopic (exact) mass is 267 g/mol. The molecule has 1 heterocycles. The van der Waals surface area contributed by atoms with Gasteiger partial charge >= 0.3 is 0 Å².